The van der Waals surface area contributed by atoms with Crippen molar-refractivity contribution in [1.29, 1.82) is 0 Å². The summed E-state index contributed by atoms with van der Waals surface area (Å²) in [5.41, 5.74) is 1.03. The van der Waals surface area contributed by atoms with Gasteiger partial charge in [-0.1, -0.05) is 41.5 Å². The Balaban J connectivity index is 2.61. The Bertz CT molecular complexity index is 817. The Morgan fingerprint density at radius 1 is 0.857 bits per heavy atom. The predicted octanol–water partition coefficient (Wildman–Crippen LogP) is 4.38. The minimum Gasteiger partial charge on any atom is -0.872 e. The maximum Gasteiger partial charge on any atom is 0.120 e. The van der Waals surface area contributed by atoms with Crippen LogP contribution in [0.25, 0.3) is 0 Å². The van der Waals surface area contributed by atoms with Crippen LogP contribution in [-0.4, -0.2) is 15.6 Å². The van der Waals surface area contributed by atoms with Crippen LogP contribution in [0.5, 0.6) is 5.75 Å². The second-order valence-electron chi connectivity index (χ2n) is 8.79. The standard InChI is InChI=1S/C20H28N3O5/c1-19(2,3)14-9-12(10-15(18(14)24)20(4,5)6)21-16-8-7-13(22(25)26)11-17(16)23(27)28/h7-11,21,24-25,27-28H,1-6H3/q-1/p-1. The maximum atomic E-state index is 13.0. The lowest BCUT2D eigenvalue weighted by atomic mass is 9.79. The third-order valence-electron chi connectivity index (χ3n) is 4.40. The molecule has 8 heteroatoms. The van der Waals surface area contributed by atoms with Crippen molar-refractivity contribution in [3.8, 4) is 5.75 Å². The summed E-state index contributed by atoms with van der Waals surface area (Å²) in [4.78, 5) is 0. The zero-order valence-corrected chi connectivity index (χ0v) is 16.9. The van der Waals surface area contributed by atoms with Gasteiger partial charge in [-0.05, 0) is 52.3 Å². The molecule has 0 heterocycles. The normalized spacial score (nSPS) is 12.1. The van der Waals surface area contributed by atoms with Gasteiger partial charge >= 0.3 is 0 Å². The smallest absolute Gasteiger partial charge is 0.120 e. The Morgan fingerprint density at radius 3 is 1.75 bits per heavy atom. The van der Waals surface area contributed by atoms with Gasteiger partial charge in [0.1, 0.15) is 5.69 Å². The molecule has 0 radical (unpaired) electrons. The molecule has 0 aliphatic carbocycles. The molecule has 4 N–H and O–H groups in total. The quantitative estimate of drug-likeness (QED) is 0.568. The first kappa shape index (κ1) is 21.8. The van der Waals surface area contributed by atoms with Crippen LogP contribution in [0.4, 0.5) is 22.7 Å². The van der Waals surface area contributed by atoms with Crippen molar-refractivity contribution in [1.82, 2.24) is 0 Å². The number of nitrogens with zero attached hydrogens (tertiary/aromatic N) is 2. The lowest BCUT2D eigenvalue weighted by Crippen LogP contribution is -2.21. The van der Waals surface area contributed by atoms with Gasteiger partial charge in [0.15, 0.2) is 0 Å². The van der Waals surface area contributed by atoms with Gasteiger partial charge in [-0.3, -0.25) is 15.6 Å². The van der Waals surface area contributed by atoms with Gasteiger partial charge in [-0.2, -0.15) is 0 Å². The van der Waals surface area contributed by atoms with Crippen LogP contribution in [0.1, 0.15) is 52.7 Å². The van der Waals surface area contributed by atoms with Gasteiger partial charge in [-0.15, -0.1) is 11.0 Å². The maximum absolute atomic E-state index is 13.0. The largest absolute Gasteiger partial charge is 0.872 e. The lowest BCUT2D eigenvalue weighted by molar-refractivity contribution is -0.271. The van der Waals surface area contributed by atoms with E-state index in [9.17, 15) is 20.7 Å². The van der Waals surface area contributed by atoms with Gasteiger partial charge in [0.25, 0.3) is 0 Å². The fraction of sp³-hybridized carbons (Fsp3) is 0.400. The molecule has 0 aliphatic heterocycles. The molecule has 0 unspecified atom stereocenters. The van der Waals surface area contributed by atoms with E-state index in [-0.39, 0.29) is 44.1 Å². The summed E-state index contributed by atoms with van der Waals surface area (Å²) in [6.07, 6.45) is 0. The first-order valence-corrected chi connectivity index (χ1v) is 8.83. The van der Waals surface area contributed by atoms with Gasteiger partial charge in [0.2, 0.25) is 0 Å². The monoisotopic (exact) mass is 389 g/mol. The van der Waals surface area contributed by atoms with Crippen LogP contribution in [-0.2, 0) is 10.8 Å². The minimum absolute atomic E-state index is 0.0191. The van der Waals surface area contributed by atoms with Crippen molar-refractivity contribution in [2.45, 2.75) is 52.4 Å². The minimum atomic E-state index is -0.387. The topological polar surface area (TPSA) is 125 Å². The summed E-state index contributed by atoms with van der Waals surface area (Å²) in [5.74, 6) is -0.0191. The molecule has 0 spiro atoms. The van der Waals surface area contributed by atoms with Crippen molar-refractivity contribution < 1.29 is 20.7 Å². The molecule has 0 amide bonds. The number of hydrogen-bond acceptors (Lipinski definition) is 8. The summed E-state index contributed by atoms with van der Waals surface area (Å²) >= 11 is 0. The summed E-state index contributed by atoms with van der Waals surface area (Å²) < 4.78 is 0. The van der Waals surface area contributed by atoms with E-state index in [4.69, 9.17) is 5.21 Å². The molecule has 154 valence electrons. The Labute approximate surface area is 164 Å². The molecule has 0 atom stereocenters. The highest BCUT2D eigenvalue weighted by molar-refractivity contribution is 5.78. The van der Waals surface area contributed by atoms with Crippen molar-refractivity contribution in [2.24, 2.45) is 0 Å². The molecule has 0 saturated heterocycles. The van der Waals surface area contributed by atoms with E-state index in [2.05, 4.69) is 5.32 Å². The van der Waals surface area contributed by atoms with Crippen LogP contribution in [0.3, 0.4) is 0 Å². The van der Waals surface area contributed by atoms with E-state index in [1.54, 1.807) is 12.1 Å². The summed E-state index contributed by atoms with van der Waals surface area (Å²) in [6, 6.07) is 7.32. The second kappa shape index (κ2) is 7.48. The Kier molecular flexibility index (Phi) is 5.82. The number of benzene rings is 2. The summed E-state index contributed by atoms with van der Waals surface area (Å²) in [5, 5.41) is 54.6. The van der Waals surface area contributed by atoms with Gasteiger partial charge in [0, 0.05) is 5.69 Å². The summed E-state index contributed by atoms with van der Waals surface area (Å²) in [7, 11) is 0. The molecule has 28 heavy (non-hydrogen) atoms. The van der Waals surface area contributed by atoms with Crippen LogP contribution in [0, 0.1) is 5.21 Å². The highest BCUT2D eigenvalue weighted by Gasteiger charge is 2.23. The lowest BCUT2D eigenvalue weighted by Gasteiger charge is -2.34. The number of anilines is 4. The van der Waals surface area contributed by atoms with E-state index >= 15 is 0 Å². The first-order valence-electron chi connectivity index (χ1n) is 8.83. The highest BCUT2D eigenvalue weighted by Crippen LogP contribution is 2.41. The highest BCUT2D eigenvalue weighted by atomic mass is 16.8. The summed E-state index contributed by atoms with van der Waals surface area (Å²) in [6.45, 7) is 11.7. The second-order valence-corrected chi connectivity index (χ2v) is 8.79. The van der Waals surface area contributed by atoms with Crippen molar-refractivity contribution in [3.05, 3.63) is 46.7 Å². The number of hydrogen-bond donors (Lipinski definition) is 4. The fourth-order valence-corrected chi connectivity index (χ4v) is 2.88. The van der Waals surface area contributed by atoms with E-state index in [1.807, 2.05) is 41.5 Å². The van der Waals surface area contributed by atoms with E-state index in [0.29, 0.717) is 16.8 Å². The zero-order chi connectivity index (χ0) is 21.4. The molecule has 0 aliphatic rings. The van der Waals surface area contributed by atoms with E-state index < -0.39 is 0 Å². The van der Waals surface area contributed by atoms with Crippen LogP contribution in [0.15, 0.2) is 30.3 Å². The zero-order valence-electron chi connectivity index (χ0n) is 16.9. The van der Waals surface area contributed by atoms with Crippen LogP contribution >= 0.6 is 0 Å². The van der Waals surface area contributed by atoms with Crippen molar-refractivity contribution in [3.63, 3.8) is 0 Å². The van der Waals surface area contributed by atoms with Gasteiger partial charge < -0.3 is 20.9 Å². The molecule has 2 rings (SSSR count). The SMILES string of the molecule is CC(C)(C)c1cc(Nc2ccc(N([O-])O)cc2N(O)O)cc(C(C)(C)C)c1[O-]. The number of nitrogens with one attached hydrogen (secondary N) is 1. The van der Waals surface area contributed by atoms with Crippen LogP contribution in [0.2, 0.25) is 0 Å². The molecule has 2 aromatic carbocycles. The van der Waals surface area contributed by atoms with E-state index in [1.165, 1.54) is 12.1 Å². The van der Waals surface area contributed by atoms with Gasteiger partial charge in [0.05, 0.1) is 11.4 Å². The molecule has 0 fully saturated rings. The van der Waals surface area contributed by atoms with Gasteiger partial charge in [-0.25, -0.2) is 0 Å². The Morgan fingerprint density at radius 2 is 1.36 bits per heavy atom. The molecule has 0 saturated carbocycles. The molecular weight excluding hydrogens is 362 g/mol. The Hall–Kier alpha value is -2.52. The first-order chi connectivity index (χ1) is 12.7. The third-order valence-corrected chi connectivity index (χ3v) is 4.40. The predicted molar refractivity (Wildman–Crippen MR) is 107 cm³/mol. The van der Waals surface area contributed by atoms with Crippen LogP contribution < -0.4 is 20.9 Å². The van der Waals surface area contributed by atoms with Crippen molar-refractivity contribution in [2.75, 3.05) is 15.8 Å². The average Bonchev–Trinajstić information content (AvgIpc) is 2.54. The molecule has 0 bridgehead atoms. The van der Waals surface area contributed by atoms with E-state index in [0.717, 1.165) is 6.07 Å². The van der Waals surface area contributed by atoms with Crippen molar-refractivity contribution >= 4 is 22.7 Å². The number of rotatable bonds is 4. The average molecular weight is 389 g/mol. The molecule has 0 aromatic heterocycles. The third kappa shape index (κ3) is 4.66. The molecule has 8 nitrogen and oxygen atoms in total. The molecule has 2 aromatic rings. The fourth-order valence-electron chi connectivity index (χ4n) is 2.88. The molecular formula is C20H27N3O5-2.